The zero-order valence-corrected chi connectivity index (χ0v) is 11.6. The summed E-state index contributed by atoms with van der Waals surface area (Å²) in [6, 6.07) is 4.51. The molecule has 2 aromatic rings. The SMILES string of the molecule is Cc1cc(F)c(N)cc1S(=O)(=O)Nc1ccc(F)c(F)c1. The van der Waals surface area contributed by atoms with Crippen LogP contribution < -0.4 is 10.5 Å². The molecule has 0 aromatic heterocycles. The Hall–Kier alpha value is -2.22. The van der Waals surface area contributed by atoms with Gasteiger partial charge in [0.25, 0.3) is 10.0 Å². The van der Waals surface area contributed by atoms with E-state index in [1.165, 1.54) is 6.92 Å². The van der Waals surface area contributed by atoms with Gasteiger partial charge < -0.3 is 5.73 Å². The fourth-order valence-electron chi connectivity index (χ4n) is 1.73. The van der Waals surface area contributed by atoms with Crippen LogP contribution in [0.4, 0.5) is 24.5 Å². The van der Waals surface area contributed by atoms with Crippen molar-refractivity contribution < 1.29 is 21.6 Å². The molecule has 4 nitrogen and oxygen atoms in total. The number of nitrogen functional groups attached to an aromatic ring is 1. The van der Waals surface area contributed by atoms with Gasteiger partial charge in [0, 0.05) is 6.07 Å². The van der Waals surface area contributed by atoms with Gasteiger partial charge in [0.05, 0.1) is 16.3 Å². The molecular formula is C13H11F3N2O2S. The average Bonchev–Trinajstić information content (AvgIpc) is 2.37. The molecule has 2 rings (SSSR count). The van der Waals surface area contributed by atoms with Gasteiger partial charge in [-0.1, -0.05) is 0 Å². The summed E-state index contributed by atoms with van der Waals surface area (Å²) in [5, 5.41) is 0. The molecule has 0 unspecified atom stereocenters. The molecule has 2 aromatic carbocycles. The summed E-state index contributed by atoms with van der Waals surface area (Å²) in [6.07, 6.45) is 0. The topological polar surface area (TPSA) is 72.2 Å². The van der Waals surface area contributed by atoms with E-state index < -0.39 is 27.5 Å². The Balaban J connectivity index is 2.43. The minimum Gasteiger partial charge on any atom is -0.396 e. The van der Waals surface area contributed by atoms with Crippen molar-refractivity contribution in [2.24, 2.45) is 0 Å². The number of hydrogen-bond donors (Lipinski definition) is 2. The molecule has 0 amide bonds. The number of nitrogens with one attached hydrogen (secondary N) is 1. The maximum Gasteiger partial charge on any atom is 0.262 e. The molecule has 112 valence electrons. The van der Waals surface area contributed by atoms with E-state index in [0.717, 1.165) is 24.3 Å². The molecule has 0 radical (unpaired) electrons. The summed E-state index contributed by atoms with van der Waals surface area (Å²) in [4.78, 5) is -0.244. The predicted octanol–water partition coefficient (Wildman–Crippen LogP) is 2.80. The van der Waals surface area contributed by atoms with Crippen LogP contribution >= 0.6 is 0 Å². The van der Waals surface area contributed by atoms with Crippen LogP contribution in [-0.4, -0.2) is 8.42 Å². The normalized spacial score (nSPS) is 11.4. The fraction of sp³-hybridized carbons (Fsp3) is 0.0769. The van der Waals surface area contributed by atoms with Crippen LogP contribution in [0.2, 0.25) is 0 Å². The minimum absolute atomic E-state index is 0.136. The summed E-state index contributed by atoms with van der Waals surface area (Å²) in [7, 11) is -4.10. The largest absolute Gasteiger partial charge is 0.396 e. The van der Waals surface area contributed by atoms with E-state index in [2.05, 4.69) is 4.72 Å². The van der Waals surface area contributed by atoms with Crippen LogP contribution in [0, 0.1) is 24.4 Å². The molecule has 21 heavy (non-hydrogen) atoms. The van der Waals surface area contributed by atoms with Gasteiger partial charge in [-0.15, -0.1) is 0 Å². The average molecular weight is 316 g/mol. The Kier molecular flexibility index (Phi) is 3.82. The second-order valence-electron chi connectivity index (χ2n) is 4.37. The Morgan fingerprint density at radius 1 is 1.00 bits per heavy atom. The number of aryl methyl sites for hydroxylation is 1. The highest BCUT2D eigenvalue weighted by atomic mass is 32.2. The third-order valence-electron chi connectivity index (χ3n) is 2.76. The molecule has 0 aliphatic heterocycles. The predicted molar refractivity (Wildman–Crippen MR) is 72.7 cm³/mol. The molecule has 0 saturated heterocycles. The van der Waals surface area contributed by atoms with Crippen molar-refractivity contribution in [3.05, 3.63) is 53.3 Å². The maximum atomic E-state index is 13.2. The Morgan fingerprint density at radius 2 is 1.67 bits per heavy atom. The van der Waals surface area contributed by atoms with Crippen LogP contribution in [0.25, 0.3) is 0 Å². The number of anilines is 2. The lowest BCUT2D eigenvalue weighted by Gasteiger charge is -2.11. The quantitative estimate of drug-likeness (QED) is 0.855. The molecule has 0 fully saturated rings. The van der Waals surface area contributed by atoms with Crippen LogP contribution in [0.1, 0.15) is 5.56 Å². The summed E-state index contributed by atoms with van der Waals surface area (Å²) >= 11 is 0. The van der Waals surface area contributed by atoms with E-state index in [1.54, 1.807) is 0 Å². The van der Waals surface area contributed by atoms with Gasteiger partial charge in [0.15, 0.2) is 11.6 Å². The van der Waals surface area contributed by atoms with Gasteiger partial charge >= 0.3 is 0 Å². The molecule has 0 spiro atoms. The van der Waals surface area contributed by atoms with Crippen LogP contribution in [0.15, 0.2) is 35.2 Å². The molecule has 0 saturated carbocycles. The third-order valence-corrected chi connectivity index (χ3v) is 4.28. The number of nitrogens with two attached hydrogens (primary N) is 1. The van der Waals surface area contributed by atoms with E-state index in [4.69, 9.17) is 5.73 Å². The van der Waals surface area contributed by atoms with E-state index in [1.807, 2.05) is 0 Å². The fourth-order valence-corrected chi connectivity index (χ4v) is 3.04. The molecular weight excluding hydrogens is 305 g/mol. The summed E-state index contributed by atoms with van der Waals surface area (Å²) in [6.45, 7) is 1.39. The smallest absolute Gasteiger partial charge is 0.262 e. The molecule has 0 atom stereocenters. The van der Waals surface area contributed by atoms with E-state index in [9.17, 15) is 21.6 Å². The Bertz CT molecular complexity index is 807. The highest BCUT2D eigenvalue weighted by molar-refractivity contribution is 7.92. The van der Waals surface area contributed by atoms with Gasteiger partial charge in [-0.2, -0.15) is 0 Å². The van der Waals surface area contributed by atoms with Crippen LogP contribution in [0.3, 0.4) is 0 Å². The first-order valence-electron chi connectivity index (χ1n) is 5.74. The first-order chi connectivity index (χ1) is 9.70. The highest BCUT2D eigenvalue weighted by Crippen LogP contribution is 2.24. The zero-order valence-electron chi connectivity index (χ0n) is 10.8. The van der Waals surface area contributed by atoms with Gasteiger partial charge in [0.2, 0.25) is 0 Å². The summed E-state index contributed by atoms with van der Waals surface area (Å²) < 4.78 is 65.6. The molecule has 0 bridgehead atoms. The monoisotopic (exact) mass is 316 g/mol. The van der Waals surface area contributed by atoms with Gasteiger partial charge in [-0.3, -0.25) is 4.72 Å². The number of rotatable bonds is 3. The molecule has 0 aliphatic carbocycles. The molecule has 8 heteroatoms. The van der Waals surface area contributed by atoms with Crippen molar-refractivity contribution in [3.8, 4) is 0 Å². The first kappa shape index (κ1) is 15.2. The first-order valence-corrected chi connectivity index (χ1v) is 7.22. The van der Waals surface area contributed by atoms with Gasteiger partial charge in [-0.25, -0.2) is 21.6 Å². The molecule has 0 heterocycles. The number of halogens is 3. The van der Waals surface area contributed by atoms with Crippen LogP contribution in [-0.2, 0) is 10.0 Å². The lowest BCUT2D eigenvalue weighted by molar-refractivity contribution is 0.509. The van der Waals surface area contributed by atoms with Gasteiger partial charge in [-0.05, 0) is 36.8 Å². The van der Waals surface area contributed by atoms with E-state index >= 15 is 0 Å². The number of benzene rings is 2. The molecule has 3 N–H and O–H groups in total. The van der Waals surface area contributed by atoms with Gasteiger partial charge in [0.1, 0.15) is 5.82 Å². The van der Waals surface area contributed by atoms with Crippen molar-refractivity contribution >= 4 is 21.4 Å². The Morgan fingerprint density at radius 3 is 2.29 bits per heavy atom. The second kappa shape index (κ2) is 5.28. The van der Waals surface area contributed by atoms with Crippen molar-refractivity contribution in [1.82, 2.24) is 0 Å². The van der Waals surface area contributed by atoms with E-state index in [-0.39, 0.29) is 21.8 Å². The summed E-state index contributed by atoms with van der Waals surface area (Å²) in [5.41, 5.74) is 5.00. The summed E-state index contributed by atoms with van der Waals surface area (Å²) in [5.74, 6) is -3.02. The highest BCUT2D eigenvalue weighted by Gasteiger charge is 2.19. The van der Waals surface area contributed by atoms with Crippen molar-refractivity contribution in [1.29, 1.82) is 0 Å². The minimum atomic E-state index is -4.10. The number of sulfonamides is 1. The zero-order chi connectivity index (χ0) is 15.8. The van der Waals surface area contributed by atoms with Crippen molar-refractivity contribution in [3.63, 3.8) is 0 Å². The van der Waals surface area contributed by atoms with E-state index in [0.29, 0.717) is 6.07 Å². The van der Waals surface area contributed by atoms with Crippen LogP contribution in [0.5, 0.6) is 0 Å². The van der Waals surface area contributed by atoms with Crippen molar-refractivity contribution in [2.45, 2.75) is 11.8 Å². The second-order valence-corrected chi connectivity index (χ2v) is 6.02. The maximum absolute atomic E-state index is 13.2. The Labute approximate surface area is 119 Å². The van der Waals surface area contributed by atoms with Crippen molar-refractivity contribution in [2.75, 3.05) is 10.5 Å². The standard InChI is InChI=1S/C13H11F3N2O2S/c1-7-4-11(16)12(17)6-13(7)21(19,20)18-8-2-3-9(14)10(15)5-8/h2-6,18H,17H2,1H3. The third kappa shape index (κ3) is 3.10. The molecule has 0 aliphatic rings. The number of hydrogen-bond acceptors (Lipinski definition) is 3. The lowest BCUT2D eigenvalue weighted by atomic mass is 10.2. The lowest BCUT2D eigenvalue weighted by Crippen LogP contribution is -2.15.